The summed E-state index contributed by atoms with van der Waals surface area (Å²) in [4.78, 5) is 10.6. The molecular formula is C6H10N2OS. The van der Waals surface area contributed by atoms with Crippen LogP contribution in [0.15, 0.2) is 0 Å². The average molecular weight is 158 g/mol. The molecule has 3 N–H and O–H groups in total. The fraction of sp³-hybridized carbons (Fsp3) is 0.500. The minimum atomic E-state index is -0.521. The van der Waals surface area contributed by atoms with E-state index in [1.54, 1.807) is 0 Å². The van der Waals surface area contributed by atoms with Gasteiger partial charge >= 0.3 is 0 Å². The van der Waals surface area contributed by atoms with Gasteiger partial charge in [-0.3, -0.25) is 10.6 Å². The summed E-state index contributed by atoms with van der Waals surface area (Å²) in [5.41, 5.74) is 2.30. The minimum Gasteiger partial charge on any atom is -0.297 e. The van der Waals surface area contributed by atoms with Gasteiger partial charge in [0.05, 0.1) is 0 Å². The van der Waals surface area contributed by atoms with Crippen LogP contribution in [-0.4, -0.2) is 18.1 Å². The lowest BCUT2D eigenvalue weighted by Crippen LogP contribution is -2.38. The van der Waals surface area contributed by atoms with Crippen molar-refractivity contribution in [1.82, 2.24) is 5.43 Å². The molecule has 0 amide bonds. The number of carbonyl (C=O) groups is 1. The zero-order valence-corrected chi connectivity index (χ0v) is 6.79. The van der Waals surface area contributed by atoms with Crippen LogP contribution in [0.1, 0.15) is 6.92 Å². The standard InChI is InChI=1S/C6H10N2OS/c1-5(9)6(8-7)3-4-10-2/h6,8H,7H2,1-2H3. The Kier molecular flexibility index (Phi) is 5.03. The third-order valence-electron chi connectivity index (χ3n) is 0.879. The van der Waals surface area contributed by atoms with E-state index in [2.05, 4.69) is 16.6 Å². The quantitative estimate of drug-likeness (QED) is 0.330. The summed E-state index contributed by atoms with van der Waals surface area (Å²) in [5.74, 6) is 7.61. The van der Waals surface area contributed by atoms with Gasteiger partial charge in [-0.1, -0.05) is 17.7 Å². The highest BCUT2D eigenvalue weighted by atomic mass is 32.2. The van der Waals surface area contributed by atoms with E-state index in [1.165, 1.54) is 18.7 Å². The molecule has 0 spiro atoms. The predicted octanol–water partition coefficient (Wildman–Crippen LogP) is -0.269. The molecule has 0 aliphatic carbocycles. The van der Waals surface area contributed by atoms with Crippen LogP contribution in [0.3, 0.4) is 0 Å². The van der Waals surface area contributed by atoms with Crippen molar-refractivity contribution in [3.8, 4) is 11.2 Å². The molecule has 0 aliphatic rings. The number of nitrogens with two attached hydrogens (primary N) is 1. The molecular weight excluding hydrogens is 148 g/mol. The second kappa shape index (κ2) is 5.30. The van der Waals surface area contributed by atoms with Crippen LogP contribution in [-0.2, 0) is 4.79 Å². The highest BCUT2D eigenvalue weighted by molar-refractivity contribution is 8.03. The zero-order chi connectivity index (χ0) is 7.98. The molecule has 3 nitrogen and oxygen atoms in total. The van der Waals surface area contributed by atoms with Crippen molar-refractivity contribution in [2.75, 3.05) is 6.26 Å². The Morgan fingerprint density at radius 2 is 2.40 bits per heavy atom. The fourth-order valence-corrected chi connectivity index (χ4v) is 0.614. The predicted molar refractivity (Wildman–Crippen MR) is 43.1 cm³/mol. The molecule has 0 aromatic rings. The molecule has 4 heteroatoms. The van der Waals surface area contributed by atoms with Crippen LogP contribution in [0.4, 0.5) is 0 Å². The molecule has 0 rings (SSSR count). The van der Waals surface area contributed by atoms with Gasteiger partial charge in [-0.2, -0.15) is 0 Å². The monoisotopic (exact) mass is 158 g/mol. The first-order valence-corrected chi connectivity index (χ1v) is 3.95. The van der Waals surface area contributed by atoms with Gasteiger partial charge in [0, 0.05) is 0 Å². The lowest BCUT2D eigenvalue weighted by Gasteiger charge is -2.01. The van der Waals surface area contributed by atoms with E-state index in [4.69, 9.17) is 5.84 Å². The van der Waals surface area contributed by atoms with Gasteiger partial charge in [0.25, 0.3) is 0 Å². The highest BCUT2D eigenvalue weighted by Gasteiger charge is 2.05. The van der Waals surface area contributed by atoms with Crippen LogP contribution in [0.25, 0.3) is 0 Å². The van der Waals surface area contributed by atoms with Gasteiger partial charge in [-0.05, 0) is 18.4 Å². The second-order valence-electron chi connectivity index (χ2n) is 1.66. The Labute approximate surface area is 64.7 Å². The van der Waals surface area contributed by atoms with Gasteiger partial charge in [-0.15, -0.1) is 0 Å². The first-order valence-electron chi connectivity index (χ1n) is 2.72. The lowest BCUT2D eigenvalue weighted by molar-refractivity contribution is -0.117. The van der Waals surface area contributed by atoms with Gasteiger partial charge < -0.3 is 0 Å². The van der Waals surface area contributed by atoms with E-state index >= 15 is 0 Å². The molecule has 0 fully saturated rings. The van der Waals surface area contributed by atoms with E-state index in [0.29, 0.717) is 0 Å². The average Bonchev–Trinajstić information content (AvgIpc) is 1.89. The zero-order valence-electron chi connectivity index (χ0n) is 5.97. The molecule has 1 unspecified atom stereocenters. The number of rotatable bonds is 2. The third kappa shape index (κ3) is 3.51. The Balaban J connectivity index is 3.95. The van der Waals surface area contributed by atoms with Crippen molar-refractivity contribution in [3.63, 3.8) is 0 Å². The molecule has 10 heavy (non-hydrogen) atoms. The number of nitrogens with one attached hydrogen (secondary N) is 1. The molecule has 0 bridgehead atoms. The third-order valence-corrected chi connectivity index (χ3v) is 1.20. The smallest absolute Gasteiger partial charge is 0.160 e. The number of carbonyl (C=O) groups excluding carboxylic acids is 1. The lowest BCUT2D eigenvalue weighted by atomic mass is 10.2. The molecule has 0 aromatic heterocycles. The maximum Gasteiger partial charge on any atom is 0.160 e. The first-order chi connectivity index (χ1) is 4.72. The molecule has 56 valence electrons. The van der Waals surface area contributed by atoms with E-state index < -0.39 is 6.04 Å². The topological polar surface area (TPSA) is 55.1 Å². The SMILES string of the molecule is CSC#CC(NN)C(C)=O. The van der Waals surface area contributed by atoms with E-state index in [9.17, 15) is 4.79 Å². The molecule has 0 radical (unpaired) electrons. The summed E-state index contributed by atoms with van der Waals surface area (Å²) >= 11 is 1.35. The van der Waals surface area contributed by atoms with Crippen molar-refractivity contribution in [2.24, 2.45) is 5.84 Å². The van der Waals surface area contributed by atoms with E-state index in [0.717, 1.165) is 0 Å². The van der Waals surface area contributed by atoms with Crippen LogP contribution in [0.5, 0.6) is 0 Å². The summed E-state index contributed by atoms with van der Waals surface area (Å²) in [7, 11) is 0. The van der Waals surface area contributed by atoms with Gasteiger partial charge in [0.1, 0.15) is 6.04 Å². The summed E-state index contributed by atoms with van der Waals surface area (Å²) < 4.78 is 0. The number of thioether (sulfide) groups is 1. The molecule has 0 aliphatic heterocycles. The fourth-order valence-electron chi connectivity index (χ4n) is 0.379. The first kappa shape index (κ1) is 9.50. The number of ketones is 1. The second-order valence-corrected chi connectivity index (χ2v) is 2.27. The van der Waals surface area contributed by atoms with Crippen LogP contribution < -0.4 is 11.3 Å². The number of hydrogen-bond donors (Lipinski definition) is 2. The summed E-state index contributed by atoms with van der Waals surface area (Å²) in [6, 6.07) is -0.521. The van der Waals surface area contributed by atoms with Gasteiger partial charge in [-0.25, -0.2) is 5.43 Å². The summed E-state index contributed by atoms with van der Waals surface area (Å²) in [5, 5.41) is 2.68. The number of hydrogen-bond acceptors (Lipinski definition) is 4. The van der Waals surface area contributed by atoms with Gasteiger partial charge in [0.15, 0.2) is 5.78 Å². The van der Waals surface area contributed by atoms with E-state index in [1.807, 2.05) is 6.26 Å². The number of hydrazine groups is 1. The molecule has 0 aromatic carbocycles. The highest BCUT2D eigenvalue weighted by Crippen LogP contribution is 1.87. The van der Waals surface area contributed by atoms with E-state index in [-0.39, 0.29) is 5.78 Å². The maximum absolute atomic E-state index is 10.6. The Hall–Kier alpha value is -0.500. The van der Waals surface area contributed by atoms with Crippen LogP contribution >= 0.6 is 11.8 Å². The van der Waals surface area contributed by atoms with Gasteiger partial charge in [0.2, 0.25) is 0 Å². The Morgan fingerprint density at radius 3 is 2.70 bits per heavy atom. The summed E-state index contributed by atoms with van der Waals surface area (Å²) in [6.45, 7) is 1.44. The molecule has 0 saturated heterocycles. The largest absolute Gasteiger partial charge is 0.297 e. The van der Waals surface area contributed by atoms with Crippen LogP contribution in [0.2, 0.25) is 0 Å². The van der Waals surface area contributed by atoms with Crippen molar-refractivity contribution < 1.29 is 4.79 Å². The van der Waals surface area contributed by atoms with Crippen molar-refractivity contribution in [2.45, 2.75) is 13.0 Å². The molecule has 0 saturated carbocycles. The molecule has 0 heterocycles. The number of Topliss-reactive ketones (excluding diaryl/α,β-unsaturated/α-hetero) is 1. The normalized spacial score (nSPS) is 11.5. The van der Waals surface area contributed by atoms with Crippen molar-refractivity contribution >= 4 is 17.5 Å². The molecule has 1 atom stereocenters. The van der Waals surface area contributed by atoms with Crippen LogP contribution in [0, 0.1) is 11.2 Å². The van der Waals surface area contributed by atoms with Crippen molar-refractivity contribution in [1.29, 1.82) is 0 Å². The minimum absolute atomic E-state index is 0.0657. The Bertz CT molecular complexity index is 170. The summed E-state index contributed by atoms with van der Waals surface area (Å²) in [6.07, 6.45) is 1.83. The Morgan fingerprint density at radius 1 is 1.80 bits per heavy atom. The van der Waals surface area contributed by atoms with Crippen molar-refractivity contribution in [3.05, 3.63) is 0 Å². The maximum atomic E-state index is 10.6.